The van der Waals surface area contributed by atoms with E-state index in [4.69, 9.17) is 9.47 Å². The lowest BCUT2D eigenvalue weighted by Gasteiger charge is -2.20. The number of ether oxygens (including phenoxy) is 2. The van der Waals surface area contributed by atoms with Crippen molar-refractivity contribution < 1.29 is 14.6 Å². The van der Waals surface area contributed by atoms with Crippen molar-refractivity contribution in [3.05, 3.63) is 41.5 Å². The Morgan fingerprint density at radius 2 is 2.20 bits per heavy atom. The first-order valence-corrected chi connectivity index (χ1v) is 7.25. The minimum Gasteiger partial charge on any atom is -0.507 e. The van der Waals surface area contributed by atoms with Crippen molar-refractivity contribution in [1.82, 2.24) is 0 Å². The molecule has 0 fully saturated rings. The van der Waals surface area contributed by atoms with E-state index in [2.05, 4.69) is 13.0 Å². The lowest BCUT2D eigenvalue weighted by molar-refractivity contribution is 0.321. The van der Waals surface area contributed by atoms with Gasteiger partial charge in [0.1, 0.15) is 23.9 Å². The maximum atomic E-state index is 10.3. The van der Waals surface area contributed by atoms with Gasteiger partial charge in [-0.05, 0) is 25.5 Å². The van der Waals surface area contributed by atoms with Gasteiger partial charge in [-0.15, -0.1) is 0 Å². The van der Waals surface area contributed by atoms with E-state index >= 15 is 0 Å². The third-order valence-corrected chi connectivity index (χ3v) is 3.25. The molecular formula is C17H22O3. The lowest BCUT2D eigenvalue weighted by atomic mass is 10.0. The van der Waals surface area contributed by atoms with Crippen molar-refractivity contribution >= 4 is 5.76 Å². The second kappa shape index (κ2) is 7.04. The van der Waals surface area contributed by atoms with Crippen molar-refractivity contribution in [2.45, 2.75) is 33.1 Å². The van der Waals surface area contributed by atoms with Gasteiger partial charge in [-0.25, -0.2) is 0 Å². The van der Waals surface area contributed by atoms with Crippen LogP contribution in [0.4, 0.5) is 0 Å². The summed E-state index contributed by atoms with van der Waals surface area (Å²) in [7, 11) is 0. The van der Waals surface area contributed by atoms with E-state index in [0.29, 0.717) is 24.7 Å². The third kappa shape index (κ3) is 3.35. The second-order valence-electron chi connectivity index (χ2n) is 4.80. The summed E-state index contributed by atoms with van der Waals surface area (Å²) < 4.78 is 11.1. The fourth-order valence-corrected chi connectivity index (χ4v) is 2.15. The monoisotopic (exact) mass is 274 g/mol. The van der Waals surface area contributed by atoms with Crippen LogP contribution in [0.2, 0.25) is 0 Å². The molecule has 0 atom stereocenters. The first-order chi connectivity index (χ1) is 9.76. The van der Waals surface area contributed by atoms with Crippen LogP contribution < -0.4 is 9.47 Å². The van der Waals surface area contributed by atoms with E-state index in [1.807, 2.05) is 31.2 Å². The highest BCUT2D eigenvalue weighted by Gasteiger charge is 2.18. The minimum absolute atomic E-state index is 0.307. The second-order valence-corrected chi connectivity index (χ2v) is 4.80. The molecule has 0 aliphatic carbocycles. The van der Waals surface area contributed by atoms with E-state index in [9.17, 15) is 5.11 Å². The van der Waals surface area contributed by atoms with Crippen LogP contribution in [-0.2, 0) is 0 Å². The Kier molecular flexibility index (Phi) is 5.10. The summed E-state index contributed by atoms with van der Waals surface area (Å²) in [6.45, 7) is 5.13. The fraction of sp³-hybridized carbons (Fsp3) is 0.412. The van der Waals surface area contributed by atoms with Crippen LogP contribution in [0, 0.1) is 0 Å². The molecule has 1 aliphatic heterocycles. The molecule has 0 aromatic heterocycles. The molecule has 0 amide bonds. The molecule has 3 nitrogen and oxygen atoms in total. The average Bonchev–Trinajstić information content (AvgIpc) is 2.46. The molecule has 1 aromatic carbocycles. The van der Waals surface area contributed by atoms with Crippen LogP contribution in [0.25, 0.3) is 5.76 Å². The number of allylic oxidation sites excluding steroid dienone is 1. The first kappa shape index (κ1) is 14.5. The largest absolute Gasteiger partial charge is 0.507 e. The molecule has 0 bridgehead atoms. The van der Waals surface area contributed by atoms with Gasteiger partial charge in [-0.2, -0.15) is 0 Å². The number of rotatable bonds is 6. The van der Waals surface area contributed by atoms with E-state index < -0.39 is 0 Å². The summed E-state index contributed by atoms with van der Waals surface area (Å²) in [5, 5.41) is 10.3. The van der Waals surface area contributed by atoms with Gasteiger partial charge in [0.05, 0.1) is 12.2 Å². The average molecular weight is 274 g/mol. The van der Waals surface area contributed by atoms with Gasteiger partial charge in [0.2, 0.25) is 0 Å². The quantitative estimate of drug-likeness (QED) is 0.777. The molecule has 0 saturated heterocycles. The molecule has 2 rings (SSSR count). The van der Waals surface area contributed by atoms with E-state index in [1.54, 1.807) is 0 Å². The highest BCUT2D eigenvalue weighted by atomic mass is 16.5. The Labute approximate surface area is 120 Å². The maximum Gasteiger partial charge on any atom is 0.134 e. The SMILES string of the molecule is CCCCC=CC1=C(O)c2ccc(OCC)cc2OC1. The zero-order chi connectivity index (χ0) is 14.4. The van der Waals surface area contributed by atoms with Crippen LogP contribution in [-0.4, -0.2) is 18.3 Å². The summed E-state index contributed by atoms with van der Waals surface area (Å²) in [6.07, 6.45) is 7.43. The smallest absolute Gasteiger partial charge is 0.134 e. The fourth-order valence-electron chi connectivity index (χ4n) is 2.15. The molecule has 0 saturated carbocycles. The van der Waals surface area contributed by atoms with Crippen molar-refractivity contribution in [3.8, 4) is 11.5 Å². The van der Waals surface area contributed by atoms with Gasteiger partial charge in [0.15, 0.2) is 0 Å². The Morgan fingerprint density at radius 1 is 1.35 bits per heavy atom. The highest BCUT2D eigenvalue weighted by Crippen LogP contribution is 2.34. The lowest BCUT2D eigenvalue weighted by Crippen LogP contribution is -2.10. The minimum atomic E-state index is 0.307. The van der Waals surface area contributed by atoms with E-state index in [1.165, 1.54) is 12.8 Å². The molecule has 3 heteroatoms. The normalized spacial score (nSPS) is 14.3. The van der Waals surface area contributed by atoms with Crippen molar-refractivity contribution in [2.75, 3.05) is 13.2 Å². The van der Waals surface area contributed by atoms with Crippen molar-refractivity contribution in [1.29, 1.82) is 0 Å². The summed E-state index contributed by atoms with van der Waals surface area (Å²) in [5.74, 6) is 1.75. The number of hydrogen-bond donors (Lipinski definition) is 1. The van der Waals surface area contributed by atoms with Gasteiger partial charge < -0.3 is 14.6 Å². The topological polar surface area (TPSA) is 38.7 Å². The van der Waals surface area contributed by atoms with Gasteiger partial charge in [0, 0.05) is 11.6 Å². The number of fused-ring (bicyclic) bond motifs is 1. The maximum absolute atomic E-state index is 10.3. The molecule has 0 spiro atoms. The molecule has 1 heterocycles. The number of unbranched alkanes of at least 4 members (excludes halogenated alkanes) is 2. The van der Waals surface area contributed by atoms with Crippen LogP contribution in [0.1, 0.15) is 38.7 Å². The highest BCUT2D eigenvalue weighted by molar-refractivity contribution is 5.72. The predicted octanol–water partition coefficient (Wildman–Crippen LogP) is 4.49. The van der Waals surface area contributed by atoms with Crippen LogP contribution in [0.5, 0.6) is 11.5 Å². The predicted molar refractivity (Wildman–Crippen MR) is 81.3 cm³/mol. The number of hydrogen-bond acceptors (Lipinski definition) is 3. The van der Waals surface area contributed by atoms with Gasteiger partial charge in [0.25, 0.3) is 0 Å². The van der Waals surface area contributed by atoms with Gasteiger partial charge in [-0.3, -0.25) is 0 Å². The standard InChI is InChI=1S/C17H22O3/c1-3-5-6-7-8-13-12-20-16-11-14(19-4-2)9-10-15(16)17(13)18/h7-11,18H,3-6,12H2,1-2H3. The summed E-state index contributed by atoms with van der Waals surface area (Å²) >= 11 is 0. The van der Waals surface area contributed by atoms with Crippen LogP contribution in [0.15, 0.2) is 35.9 Å². The molecule has 1 aromatic rings. The van der Waals surface area contributed by atoms with Crippen LogP contribution in [0.3, 0.4) is 0 Å². The Bertz CT molecular complexity index is 515. The molecule has 0 radical (unpaired) electrons. The molecule has 1 aliphatic rings. The first-order valence-electron chi connectivity index (χ1n) is 7.25. The summed E-state index contributed by atoms with van der Waals surface area (Å²) in [4.78, 5) is 0. The van der Waals surface area contributed by atoms with Gasteiger partial charge >= 0.3 is 0 Å². The van der Waals surface area contributed by atoms with Crippen molar-refractivity contribution in [3.63, 3.8) is 0 Å². The molecule has 108 valence electrons. The third-order valence-electron chi connectivity index (χ3n) is 3.25. The Balaban J connectivity index is 2.17. The van der Waals surface area contributed by atoms with Crippen LogP contribution >= 0.6 is 0 Å². The summed E-state index contributed by atoms with van der Waals surface area (Å²) in [6, 6.07) is 5.52. The van der Waals surface area contributed by atoms with Crippen molar-refractivity contribution in [2.24, 2.45) is 0 Å². The molecule has 1 N–H and O–H groups in total. The molecular weight excluding hydrogens is 252 g/mol. The Hall–Kier alpha value is -1.90. The number of aliphatic hydroxyl groups is 1. The van der Waals surface area contributed by atoms with E-state index in [0.717, 1.165) is 23.3 Å². The van der Waals surface area contributed by atoms with E-state index in [-0.39, 0.29) is 0 Å². The molecule has 0 unspecified atom stereocenters. The zero-order valence-electron chi connectivity index (χ0n) is 12.2. The number of aliphatic hydroxyl groups excluding tert-OH is 1. The van der Waals surface area contributed by atoms with Gasteiger partial charge in [-0.1, -0.05) is 31.9 Å². The Morgan fingerprint density at radius 3 is 2.95 bits per heavy atom. The number of benzene rings is 1. The summed E-state index contributed by atoms with van der Waals surface area (Å²) in [5.41, 5.74) is 1.56. The molecule has 20 heavy (non-hydrogen) atoms. The zero-order valence-corrected chi connectivity index (χ0v) is 12.2.